The van der Waals surface area contributed by atoms with Crippen LogP contribution in [0.15, 0.2) is 40.6 Å². The molecule has 2 N–H and O–H groups in total. The average molecular weight is 313 g/mol. The van der Waals surface area contributed by atoms with Crippen LogP contribution in [-0.4, -0.2) is 26.6 Å². The minimum atomic E-state index is -3.92. The predicted octanol–water partition coefficient (Wildman–Crippen LogP) is 2.04. The summed E-state index contributed by atoms with van der Waals surface area (Å²) in [5.41, 5.74) is 0.201. The molecular weight excluding hydrogens is 302 g/mol. The lowest BCUT2D eigenvalue weighted by atomic mass is 10.3. The van der Waals surface area contributed by atoms with Gasteiger partial charge in [0.25, 0.3) is 10.0 Å². The first kappa shape index (κ1) is 14.4. The third-order valence-corrected chi connectivity index (χ3v) is 4.84. The van der Waals surface area contributed by atoms with Crippen LogP contribution in [-0.2, 0) is 14.8 Å². The Morgan fingerprint density at radius 2 is 2.10 bits per heavy atom. The molecule has 1 aromatic heterocycles. The van der Waals surface area contributed by atoms with Crippen molar-refractivity contribution >= 4 is 33.0 Å². The van der Waals surface area contributed by atoms with Gasteiger partial charge in [-0.15, -0.1) is 11.3 Å². The molecule has 2 aromatic rings. The number of hydrogen-bond acceptors (Lipinski definition) is 6. The van der Waals surface area contributed by atoms with E-state index in [9.17, 15) is 18.3 Å². The first-order valence-corrected chi connectivity index (χ1v) is 7.78. The topological polar surface area (TPSA) is 92.7 Å². The van der Waals surface area contributed by atoms with Gasteiger partial charge in [-0.3, -0.25) is 4.72 Å². The van der Waals surface area contributed by atoms with Crippen LogP contribution in [0.2, 0.25) is 0 Å². The highest BCUT2D eigenvalue weighted by atomic mass is 32.2. The van der Waals surface area contributed by atoms with E-state index in [2.05, 4.69) is 9.46 Å². The quantitative estimate of drug-likeness (QED) is 0.843. The van der Waals surface area contributed by atoms with Crippen molar-refractivity contribution < 1.29 is 23.1 Å². The minimum Gasteiger partial charge on any atom is -0.508 e. The molecule has 0 unspecified atom stereocenters. The molecule has 0 atom stereocenters. The lowest BCUT2D eigenvalue weighted by Gasteiger charge is -2.08. The molecule has 0 fully saturated rings. The molecule has 0 aliphatic carbocycles. The molecular formula is C12H11NO5S2. The standard InChI is InChI=1S/C12H11NO5S2/c1-18-12(15)11-10(5-6-19-11)20(16,17)13-8-3-2-4-9(14)7-8/h2-7,13-14H,1H3. The molecule has 0 radical (unpaired) electrons. The molecule has 0 amide bonds. The van der Waals surface area contributed by atoms with E-state index < -0.39 is 16.0 Å². The summed E-state index contributed by atoms with van der Waals surface area (Å²) in [5.74, 6) is -0.778. The number of phenols is 1. The van der Waals surface area contributed by atoms with Gasteiger partial charge in [-0.2, -0.15) is 0 Å². The van der Waals surface area contributed by atoms with Crippen molar-refractivity contribution in [2.45, 2.75) is 4.90 Å². The summed E-state index contributed by atoms with van der Waals surface area (Å²) in [6, 6.07) is 7.00. The Bertz CT molecular complexity index is 736. The van der Waals surface area contributed by atoms with E-state index in [4.69, 9.17) is 0 Å². The monoisotopic (exact) mass is 313 g/mol. The van der Waals surface area contributed by atoms with E-state index in [1.54, 1.807) is 0 Å². The first-order chi connectivity index (χ1) is 9.44. The van der Waals surface area contributed by atoms with E-state index in [1.807, 2.05) is 0 Å². The van der Waals surface area contributed by atoms with Gasteiger partial charge in [0, 0.05) is 6.07 Å². The van der Waals surface area contributed by atoms with E-state index in [-0.39, 0.29) is 21.2 Å². The third kappa shape index (κ3) is 2.91. The molecule has 0 saturated carbocycles. The largest absolute Gasteiger partial charge is 0.508 e. The Morgan fingerprint density at radius 3 is 2.75 bits per heavy atom. The van der Waals surface area contributed by atoms with Crippen LogP contribution >= 0.6 is 11.3 Å². The summed E-state index contributed by atoms with van der Waals surface area (Å²) in [5, 5.41) is 10.8. The summed E-state index contributed by atoms with van der Waals surface area (Å²) in [6.07, 6.45) is 0. The van der Waals surface area contributed by atoms with Crippen molar-refractivity contribution in [3.8, 4) is 5.75 Å². The zero-order chi connectivity index (χ0) is 14.8. The number of nitrogens with one attached hydrogen (secondary N) is 1. The number of thiophene rings is 1. The fourth-order valence-corrected chi connectivity index (χ4v) is 3.92. The number of methoxy groups -OCH3 is 1. The molecule has 6 nitrogen and oxygen atoms in total. The van der Waals surface area contributed by atoms with Crippen LogP contribution in [0, 0.1) is 0 Å². The lowest BCUT2D eigenvalue weighted by molar-refractivity contribution is 0.0602. The smallest absolute Gasteiger partial charge is 0.349 e. The third-order valence-electron chi connectivity index (χ3n) is 2.39. The van der Waals surface area contributed by atoms with Gasteiger partial charge in [0.1, 0.15) is 15.5 Å². The van der Waals surface area contributed by atoms with Crippen molar-refractivity contribution in [1.29, 1.82) is 0 Å². The second-order valence-corrected chi connectivity index (χ2v) is 6.33. The zero-order valence-electron chi connectivity index (χ0n) is 10.4. The molecule has 8 heteroatoms. The second-order valence-electron chi connectivity index (χ2n) is 3.76. The number of carbonyl (C=O) groups excluding carboxylic acids is 1. The SMILES string of the molecule is COC(=O)c1sccc1S(=O)(=O)Nc1cccc(O)c1. The number of hydrogen-bond donors (Lipinski definition) is 2. The predicted molar refractivity (Wildman–Crippen MR) is 74.6 cm³/mol. The van der Waals surface area contributed by atoms with Crippen molar-refractivity contribution in [3.05, 3.63) is 40.6 Å². The Kier molecular flexibility index (Phi) is 3.96. The highest BCUT2D eigenvalue weighted by molar-refractivity contribution is 7.93. The maximum Gasteiger partial charge on any atom is 0.349 e. The van der Waals surface area contributed by atoms with Crippen LogP contribution in [0.5, 0.6) is 5.75 Å². The van der Waals surface area contributed by atoms with E-state index in [1.165, 1.54) is 42.8 Å². The maximum atomic E-state index is 12.2. The van der Waals surface area contributed by atoms with Gasteiger partial charge in [-0.1, -0.05) is 6.07 Å². The van der Waals surface area contributed by atoms with E-state index in [0.29, 0.717) is 0 Å². The van der Waals surface area contributed by atoms with Gasteiger partial charge < -0.3 is 9.84 Å². The molecule has 106 valence electrons. The first-order valence-electron chi connectivity index (χ1n) is 5.41. The average Bonchev–Trinajstić information content (AvgIpc) is 2.87. The van der Waals surface area contributed by atoms with E-state index in [0.717, 1.165) is 11.3 Å². The van der Waals surface area contributed by atoms with Crippen molar-refractivity contribution in [3.63, 3.8) is 0 Å². The Labute approximate surface area is 119 Å². The van der Waals surface area contributed by atoms with Crippen LogP contribution in [0.4, 0.5) is 5.69 Å². The van der Waals surface area contributed by atoms with Crippen LogP contribution < -0.4 is 4.72 Å². The summed E-state index contributed by atoms with van der Waals surface area (Å²) in [7, 11) is -2.74. The van der Waals surface area contributed by atoms with Crippen molar-refractivity contribution in [2.75, 3.05) is 11.8 Å². The van der Waals surface area contributed by atoms with Gasteiger partial charge in [-0.25, -0.2) is 13.2 Å². The molecule has 0 aliphatic rings. The van der Waals surface area contributed by atoms with Gasteiger partial charge in [0.2, 0.25) is 0 Å². The Balaban J connectivity index is 2.36. The summed E-state index contributed by atoms with van der Waals surface area (Å²) < 4.78 is 31.3. The molecule has 0 spiro atoms. The Morgan fingerprint density at radius 1 is 1.35 bits per heavy atom. The van der Waals surface area contributed by atoms with Gasteiger partial charge in [-0.05, 0) is 23.6 Å². The van der Waals surface area contributed by atoms with Crippen LogP contribution in [0.3, 0.4) is 0 Å². The number of rotatable bonds is 4. The number of aromatic hydroxyl groups is 1. The van der Waals surface area contributed by atoms with Gasteiger partial charge in [0.05, 0.1) is 12.8 Å². The Hall–Kier alpha value is -2.06. The molecule has 1 heterocycles. The normalized spacial score (nSPS) is 11.1. The zero-order valence-corrected chi connectivity index (χ0v) is 12.0. The van der Waals surface area contributed by atoms with Gasteiger partial charge in [0.15, 0.2) is 0 Å². The highest BCUT2D eigenvalue weighted by Gasteiger charge is 2.24. The summed E-state index contributed by atoms with van der Waals surface area (Å²) in [4.78, 5) is 11.3. The molecule has 0 bridgehead atoms. The number of phenolic OH excluding ortho intramolecular Hbond substituents is 1. The number of carbonyl (C=O) groups is 1. The lowest BCUT2D eigenvalue weighted by Crippen LogP contribution is -2.15. The number of anilines is 1. The highest BCUT2D eigenvalue weighted by Crippen LogP contribution is 2.26. The fourth-order valence-electron chi connectivity index (χ4n) is 1.53. The molecule has 0 saturated heterocycles. The fraction of sp³-hybridized carbons (Fsp3) is 0.0833. The van der Waals surface area contributed by atoms with Crippen molar-refractivity contribution in [2.24, 2.45) is 0 Å². The van der Waals surface area contributed by atoms with Crippen LogP contribution in [0.1, 0.15) is 9.67 Å². The molecule has 0 aliphatic heterocycles. The number of sulfonamides is 1. The number of ether oxygens (including phenoxy) is 1. The second kappa shape index (κ2) is 5.51. The van der Waals surface area contributed by atoms with E-state index >= 15 is 0 Å². The maximum absolute atomic E-state index is 12.2. The number of benzene rings is 1. The minimum absolute atomic E-state index is 0.000142. The van der Waals surface area contributed by atoms with Gasteiger partial charge >= 0.3 is 5.97 Å². The molecule has 1 aromatic carbocycles. The number of esters is 1. The summed E-state index contributed by atoms with van der Waals surface area (Å²) in [6.45, 7) is 0. The summed E-state index contributed by atoms with van der Waals surface area (Å²) >= 11 is 0.980. The molecule has 20 heavy (non-hydrogen) atoms. The van der Waals surface area contributed by atoms with Crippen molar-refractivity contribution in [1.82, 2.24) is 0 Å². The molecule has 2 rings (SSSR count). The van der Waals surface area contributed by atoms with Crippen LogP contribution in [0.25, 0.3) is 0 Å².